The number of likely N-dealkylation sites (N-methyl/N-ethyl adjacent to an activating group) is 1. The first-order valence-electron chi connectivity index (χ1n) is 5.80. The second kappa shape index (κ2) is 5.83. The smallest absolute Gasteiger partial charge is 0.0609 e. The largest absolute Gasteiger partial charge is 0.396 e. The lowest BCUT2D eigenvalue weighted by Crippen LogP contribution is -2.50. The van der Waals surface area contributed by atoms with Crippen molar-refractivity contribution in [2.45, 2.75) is 46.1 Å². The molecule has 3 nitrogen and oxygen atoms in total. The summed E-state index contributed by atoms with van der Waals surface area (Å²) in [5.41, 5.74) is -0.244. The van der Waals surface area contributed by atoms with Crippen molar-refractivity contribution >= 4 is 0 Å². The SMILES string of the molecule is CCC(CC)(CO)CN(C)C(C)(C)CO. The quantitative estimate of drug-likeness (QED) is 0.679. The number of hydrogen-bond acceptors (Lipinski definition) is 3. The zero-order valence-electron chi connectivity index (χ0n) is 10.9. The number of aliphatic hydroxyl groups excluding tert-OH is 2. The zero-order chi connectivity index (χ0) is 12.1. The van der Waals surface area contributed by atoms with Crippen molar-refractivity contribution in [3.05, 3.63) is 0 Å². The molecule has 0 unspecified atom stereocenters. The summed E-state index contributed by atoms with van der Waals surface area (Å²) in [6.45, 7) is 9.42. The second-order valence-electron chi connectivity index (χ2n) is 5.19. The highest BCUT2D eigenvalue weighted by Gasteiger charge is 2.32. The van der Waals surface area contributed by atoms with Crippen LogP contribution in [-0.2, 0) is 0 Å². The summed E-state index contributed by atoms with van der Waals surface area (Å²) in [7, 11) is 2.01. The molecule has 0 aliphatic rings. The van der Waals surface area contributed by atoms with Gasteiger partial charge in [-0.25, -0.2) is 0 Å². The van der Waals surface area contributed by atoms with Crippen molar-refractivity contribution in [1.29, 1.82) is 0 Å². The average molecular weight is 217 g/mol. The van der Waals surface area contributed by atoms with E-state index < -0.39 is 0 Å². The van der Waals surface area contributed by atoms with Crippen LogP contribution in [-0.4, -0.2) is 47.5 Å². The molecule has 0 heterocycles. The van der Waals surface area contributed by atoms with Gasteiger partial charge in [-0.05, 0) is 33.7 Å². The summed E-state index contributed by atoms with van der Waals surface area (Å²) < 4.78 is 0. The van der Waals surface area contributed by atoms with E-state index in [1.807, 2.05) is 20.9 Å². The highest BCUT2D eigenvalue weighted by molar-refractivity contribution is 4.85. The van der Waals surface area contributed by atoms with Gasteiger partial charge in [0.15, 0.2) is 0 Å². The Morgan fingerprint density at radius 1 is 1.00 bits per heavy atom. The molecule has 92 valence electrons. The van der Waals surface area contributed by atoms with E-state index in [4.69, 9.17) is 0 Å². The predicted molar refractivity (Wildman–Crippen MR) is 63.9 cm³/mol. The predicted octanol–water partition coefficient (Wildman–Crippen LogP) is 1.49. The molecule has 0 aromatic heterocycles. The maximum atomic E-state index is 9.47. The highest BCUT2D eigenvalue weighted by atomic mass is 16.3. The minimum atomic E-state index is -0.218. The molecule has 15 heavy (non-hydrogen) atoms. The van der Waals surface area contributed by atoms with Gasteiger partial charge < -0.3 is 10.2 Å². The van der Waals surface area contributed by atoms with Crippen molar-refractivity contribution in [3.63, 3.8) is 0 Å². The van der Waals surface area contributed by atoms with Crippen LogP contribution in [0.5, 0.6) is 0 Å². The van der Waals surface area contributed by atoms with Crippen molar-refractivity contribution in [2.24, 2.45) is 5.41 Å². The van der Waals surface area contributed by atoms with Crippen LogP contribution in [0.4, 0.5) is 0 Å². The molecule has 0 fully saturated rings. The molecule has 0 aliphatic heterocycles. The van der Waals surface area contributed by atoms with Gasteiger partial charge in [-0.3, -0.25) is 4.90 Å². The third-order valence-corrected chi connectivity index (χ3v) is 3.83. The number of hydrogen-bond donors (Lipinski definition) is 2. The second-order valence-corrected chi connectivity index (χ2v) is 5.19. The molecule has 0 spiro atoms. The summed E-state index contributed by atoms with van der Waals surface area (Å²) in [5.74, 6) is 0. The lowest BCUT2D eigenvalue weighted by molar-refractivity contribution is 0.0120. The Bertz CT molecular complexity index is 168. The average Bonchev–Trinajstić information content (AvgIpc) is 2.25. The first-order chi connectivity index (χ1) is 6.87. The number of rotatable bonds is 7. The van der Waals surface area contributed by atoms with E-state index in [1.165, 1.54) is 0 Å². The molecule has 0 radical (unpaired) electrons. The van der Waals surface area contributed by atoms with Gasteiger partial charge in [0.1, 0.15) is 0 Å². The molecule has 0 rings (SSSR count). The lowest BCUT2D eigenvalue weighted by Gasteiger charge is -2.41. The first kappa shape index (κ1) is 14.9. The fourth-order valence-corrected chi connectivity index (χ4v) is 1.59. The number of nitrogens with zero attached hydrogens (tertiary/aromatic N) is 1. The van der Waals surface area contributed by atoms with Gasteiger partial charge in [-0.2, -0.15) is 0 Å². The molecule has 2 N–H and O–H groups in total. The lowest BCUT2D eigenvalue weighted by atomic mass is 9.82. The van der Waals surface area contributed by atoms with Gasteiger partial charge in [0, 0.05) is 24.1 Å². The molecule has 3 heteroatoms. The minimum Gasteiger partial charge on any atom is -0.396 e. The summed E-state index contributed by atoms with van der Waals surface area (Å²) >= 11 is 0. The Balaban J connectivity index is 4.54. The first-order valence-corrected chi connectivity index (χ1v) is 5.80. The summed E-state index contributed by atoms with van der Waals surface area (Å²) in [6, 6.07) is 0. The summed E-state index contributed by atoms with van der Waals surface area (Å²) in [5, 5.41) is 18.7. The van der Waals surface area contributed by atoms with Crippen LogP contribution in [0.2, 0.25) is 0 Å². The van der Waals surface area contributed by atoms with Crippen molar-refractivity contribution in [1.82, 2.24) is 4.90 Å². The topological polar surface area (TPSA) is 43.7 Å². The zero-order valence-corrected chi connectivity index (χ0v) is 10.9. The summed E-state index contributed by atoms with van der Waals surface area (Å²) in [4.78, 5) is 2.14. The van der Waals surface area contributed by atoms with Crippen molar-refractivity contribution in [3.8, 4) is 0 Å². The summed E-state index contributed by atoms with van der Waals surface area (Å²) in [6.07, 6.45) is 1.93. The van der Waals surface area contributed by atoms with Gasteiger partial charge in [-0.15, -0.1) is 0 Å². The molecule has 0 saturated carbocycles. The van der Waals surface area contributed by atoms with Gasteiger partial charge in [0.2, 0.25) is 0 Å². The van der Waals surface area contributed by atoms with E-state index in [-0.39, 0.29) is 24.2 Å². The van der Waals surface area contributed by atoms with Crippen LogP contribution < -0.4 is 0 Å². The van der Waals surface area contributed by atoms with E-state index in [0.29, 0.717) is 0 Å². The van der Waals surface area contributed by atoms with Crippen LogP contribution in [0.15, 0.2) is 0 Å². The maximum absolute atomic E-state index is 9.47. The Morgan fingerprint density at radius 3 is 1.73 bits per heavy atom. The minimum absolute atomic E-state index is 0.0266. The van der Waals surface area contributed by atoms with E-state index in [0.717, 1.165) is 19.4 Å². The van der Waals surface area contributed by atoms with Gasteiger partial charge in [-0.1, -0.05) is 13.8 Å². The van der Waals surface area contributed by atoms with Gasteiger partial charge in [0.05, 0.1) is 6.61 Å². The molecular weight excluding hydrogens is 190 g/mol. The third kappa shape index (κ3) is 3.74. The fourth-order valence-electron chi connectivity index (χ4n) is 1.59. The van der Waals surface area contributed by atoms with E-state index in [1.54, 1.807) is 0 Å². The van der Waals surface area contributed by atoms with E-state index in [2.05, 4.69) is 18.7 Å². The Morgan fingerprint density at radius 2 is 1.47 bits per heavy atom. The maximum Gasteiger partial charge on any atom is 0.0609 e. The molecule has 0 saturated heterocycles. The van der Waals surface area contributed by atoms with Crippen LogP contribution in [0.1, 0.15) is 40.5 Å². The molecule has 0 aromatic carbocycles. The Labute approximate surface area is 94.1 Å². The standard InChI is InChI=1S/C12H27NO2/c1-6-12(7-2,10-15)8-13(5)11(3,4)9-14/h14-15H,6-10H2,1-5H3. The van der Waals surface area contributed by atoms with E-state index >= 15 is 0 Å². The fraction of sp³-hybridized carbons (Fsp3) is 1.00. The molecule has 0 atom stereocenters. The molecule has 0 aromatic rings. The van der Waals surface area contributed by atoms with Crippen LogP contribution in [0.25, 0.3) is 0 Å². The van der Waals surface area contributed by atoms with Crippen LogP contribution in [0.3, 0.4) is 0 Å². The molecular formula is C12H27NO2. The van der Waals surface area contributed by atoms with Crippen molar-refractivity contribution < 1.29 is 10.2 Å². The van der Waals surface area contributed by atoms with E-state index in [9.17, 15) is 10.2 Å². The highest BCUT2D eigenvalue weighted by Crippen LogP contribution is 2.28. The van der Waals surface area contributed by atoms with Crippen LogP contribution >= 0.6 is 0 Å². The van der Waals surface area contributed by atoms with Gasteiger partial charge >= 0.3 is 0 Å². The normalized spacial score (nSPS) is 13.6. The third-order valence-electron chi connectivity index (χ3n) is 3.83. The molecule has 0 bridgehead atoms. The molecule has 0 aliphatic carbocycles. The monoisotopic (exact) mass is 217 g/mol. The van der Waals surface area contributed by atoms with Crippen LogP contribution in [0, 0.1) is 5.41 Å². The Hall–Kier alpha value is -0.120. The van der Waals surface area contributed by atoms with Crippen molar-refractivity contribution in [2.75, 3.05) is 26.8 Å². The van der Waals surface area contributed by atoms with Gasteiger partial charge in [0.25, 0.3) is 0 Å². The Kier molecular flexibility index (Phi) is 5.78. The molecule has 0 amide bonds. The number of aliphatic hydroxyl groups is 2.